The summed E-state index contributed by atoms with van der Waals surface area (Å²) < 4.78 is 0. The first-order chi connectivity index (χ1) is 4.98. The van der Waals surface area contributed by atoms with Crippen LogP contribution in [0.3, 0.4) is 0 Å². The molecule has 0 bridgehead atoms. The molecule has 0 saturated carbocycles. The van der Waals surface area contributed by atoms with Gasteiger partial charge in [-0.2, -0.15) is 0 Å². The zero-order chi connectivity index (χ0) is 8.91. The average molecular weight is 163 g/mol. The molecule has 0 fully saturated rings. The van der Waals surface area contributed by atoms with Gasteiger partial charge < -0.3 is 10.2 Å². The summed E-state index contributed by atoms with van der Waals surface area (Å²) in [6, 6.07) is 0. The zero-order valence-electron chi connectivity index (χ0n) is 6.49. The molecule has 66 valence electrons. The molecule has 0 spiro atoms. The number of nitro groups is 1. The van der Waals surface area contributed by atoms with E-state index < -0.39 is 10.7 Å². The van der Waals surface area contributed by atoms with Gasteiger partial charge in [-0.05, 0) is 6.42 Å². The summed E-state index contributed by atoms with van der Waals surface area (Å²) in [6.07, 6.45) is 0.461. The number of hydrogen-bond acceptors (Lipinski definition) is 4. The number of aliphatic hydroxyl groups is 2. The summed E-state index contributed by atoms with van der Waals surface area (Å²) in [6.45, 7) is 1.41. The van der Waals surface area contributed by atoms with Crippen molar-refractivity contribution in [2.75, 3.05) is 6.54 Å². The largest absolute Gasteiger partial charge is 0.366 e. The van der Waals surface area contributed by atoms with Crippen molar-refractivity contribution in [1.29, 1.82) is 0 Å². The van der Waals surface area contributed by atoms with Gasteiger partial charge in [0.05, 0.1) is 0 Å². The summed E-state index contributed by atoms with van der Waals surface area (Å²) in [5, 5.41) is 27.8. The topological polar surface area (TPSA) is 83.6 Å². The Hall–Kier alpha value is -0.680. The molecule has 0 aliphatic rings. The zero-order valence-corrected chi connectivity index (χ0v) is 6.49. The van der Waals surface area contributed by atoms with E-state index in [0.29, 0.717) is 0 Å². The van der Waals surface area contributed by atoms with Gasteiger partial charge in [-0.3, -0.25) is 10.1 Å². The van der Waals surface area contributed by atoms with Gasteiger partial charge in [0, 0.05) is 17.8 Å². The van der Waals surface area contributed by atoms with E-state index in [1.807, 2.05) is 0 Å². The molecule has 11 heavy (non-hydrogen) atoms. The summed E-state index contributed by atoms with van der Waals surface area (Å²) in [5.74, 6) is -1.73. The third kappa shape index (κ3) is 5.75. The fraction of sp³-hybridized carbons (Fsp3) is 1.00. The monoisotopic (exact) mass is 163 g/mol. The third-order valence-electron chi connectivity index (χ3n) is 1.48. The van der Waals surface area contributed by atoms with Gasteiger partial charge in [0.25, 0.3) is 0 Å². The lowest BCUT2D eigenvalue weighted by Gasteiger charge is -2.17. The van der Waals surface area contributed by atoms with Crippen LogP contribution in [-0.4, -0.2) is 27.5 Å². The Morgan fingerprint density at radius 3 is 2.45 bits per heavy atom. The van der Waals surface area contributed by atoms with E-state index in [1.54, 1.807) is 6.92 Å². The van der Waals surface area contributed by atoms with Crippen LogP contribution in [0.4, 0.5) is 0 Å². The number of hydrogen-bond donors (Lipinski definition) is 2. The molecule has 0 aromatic carbocycles. The van der Waals surface area contributed by atoms with Gasteiger partial charge in [-0.1, -0.05) is 6.92 Å². The van der Waals surface area contributed by atoms with Gasteiger partial charge in [0.1, 0.15) is 0 Å². The lowest BCUT2D eigenvalue weighted by atomic mass is 10.1. The maximum Gasteiger partial charge on any atom is 0.204 e. The molecule has 2 N–H and O–H groups in total. The van der Waals surface area contributed by atoms with Crippen molar-refractivity contribution in [3.05, 3.63) is 10.1 Å². The molecule has 0 aromatic heterocycles. The normalized spacial score (nSPS) is 11.5. The smallest absolute Gasteiger partial charge is 0.204 e. The van der Waals surface area contributed by atoms with Crippen LogP contribution in [0.25, 0.3) is 0 Å². The Morgan fingerprint density at radius 2 is 2.09 bits per heavy atom. The first kappa shape index (κ1) is 10.3. The van der Waals surface area contributed by atoms with Crippen molar-refractivity contribution >= 4 is 0 Å². The standard InChI is InChI=1S/C6H13NO4/c1-2-6(8,9)4-3-5-7(10)11/h8-9H,2-5H2,1H3. The molecule has 0 aliphatic heterocycles. The highest BCUT2D eigenvalue weighted by Gasteiger charge is 2.20. The summed E-state index contributed by atoms with van der Waals surface area (Å²) in [7, 11) is 0. The minimum Gasteiger partial charge on any atom is -0.366 e. The molecule has 0 aromatic rings. The fourth-order valence-corrected chi connectivity index (χ4v) is 0.668. The predicted octanol–water partition coefficient (Wildman–Crippen LogP) is 0.134. The molecule has 5 nitrogen and oxygen atoms in total. The Bertz CT molecular complexity index is 135. The van der Waals surface area contributed by atoms with Crippen molar-refractivity contribution in [2.24, 2.45) is 0 Å². The lowest BCUT2D eigenvalue weighted by Crippen LogP contribution is -2.27. The van der Waals surface area contributed by atoms with Crippen molar-refractivity contribution in [3.8, 4) is 0 Å². The molecule has 5 heteroatoms. The second-order valence-electron chi connectivity index (χ2n) is 2.50. The van der Waals surface area contributed by atoms with E-state index in [1.165, 1.54) is 0 Å². The molecular weight excluding hydrogens is 150 g/mol. The van der Waals surface area contributed by atoms with Gasteiger partial charge in [0.15, 0.2) is 5.79 Å². The summed E-state index contributed by atoms with van der Waals surface area (Å²) in [5.41, 5.74) is 0. The summed E-state index contributed by atoms with van der Waals surface area (Å²) >= 11 is 0. The lowest BCUT2D eigenvalue weighted by molar-refractivity contribution is -0.481. The van der Waals surface area contributed by atoms with Gasteiger partial charge in [-0.15, -0.1) is 0 Å². The van der Waals surface area contributed by atoms with Crippen LogP contribution in [0.1, 0.15) is 26.2 Å². The SMILES string of the molecule is CCC(O)(O)CCC[N+](=O)[O-]. The number of nitrogens with zero attached hydrogens (tertiary/aromatic N) is 1. The van der Waals surface area contributed by atoms with Crippen LogP contribution in [0.2, 0.25) is 0 Å². The Kier molecular flexibility index (Phi) is 3.99. The first-order valence-electron chi connectivity index (χ1n) is 3.54. The molecule has 0 atom stereocenters. The molecular formula is C6H13NO4. The predicted molar refractivity (Wildman–Crippen MR) is 38.6 cm³/mol. The highest BCUT2D eigenvalue weighted by Crippen LogP contribution is 2.12. The molecule has 0 aliphatic carbocycles. The van der Waals surface area contributed by atoms with E-state index >= 15 is 0 Å². The van der Waals surface area contributed by atoms with Crippen LogP contribution < -0.4 is 0 Å². The summed E-state index contributed by atoms with van der Waals surface area (Å²) in [4.78, 5) is 9.35. The van der Waals surface area contributed by atoms with E-state index in [9.17, 15) is 10.1 Å². The average Bonchev–Trinajstić information content (AvgIpc) is 1.87. The van der Waals surface area contributed by atoms with Crippen molar-refractivity contribution < 1.29 is 15.1 Å². The molecule has 0 rings (SSSR count). The molecule has 0 saturated heterocycles. The van der Waals surface area contributed by atoms with Crippen LogP contribution in [0.5, 0.6) is 0 Å². The van der Waals surface area contributed by atoms with E-state index in [-0.39, 0.29) is 25.8 Å². The highest BCUT2D eigenvalue weighted by molar-refractivity contribution is 4.60. The highest BCUT2D eigenvalue weighted by atomic mass is 16.6. The molecule has 0 unspecified atom stereocenters. The molecule has 0 heterocycles. The van der Waals surface area contributed by atoms with E-state index in [2.05, 4.69) is 0 Å². The molecule has 0 radical (unpaired) electrons. The van der Waals surface area contributed by atoms with Crippen LogP contribution >= 0.6 is 0 Å². The van der Waals surface area contributed by atoms with Gasteiger partial charge in [0.2, 0.25) is 6.54 Å². The first-order valence-corrected chi connectivity index (χ1v) is 3.54. The Balaban J connectivity index is 3.45. The van der Waals surface area contributed by atoms with Crippen molar-refractivity contribution in [1.82, 2.24) is 0 Å². The third-order valence-corrected chi connectivity index (χ3v) is 1.48. The van der Waals surface area contributed by atoms with E-state index in [0.717, 1.165) is 0 Å². The molecule has 0 amide bonds. The number of rotatable bonds is 5. The van der Waals surface area contributed by atoms with E-state index in [4.69, 9.17) is 10.2 Å². The second-order valence-corrected chi connectivity index (χ2v) is 2.50. The van der Waals surface area contributed by atoms with Crippen LogP contribution in [0.15, 0.2) is 0 Å². The van der Waals surface area contributed by atoms with Gasteiger partial charge in [-0.25, -0.2) is 0 Å². The van der Waals surface area contributed by atoms with Crippen molar-refractivity contribution in [3.63, 3.8) is 0 Å². The Labute approximate surface area is 64.8 Å². The van der Waals surface area contributed by atoms with Crippen LogP contribution in [0, 0.1) is 10.1 Å². The van der Waals surface area contributed by atoms with Crippen molar-refractivity contribution in [2.45, 2.75) is 32.0 Å². The van der Waals surface area contributed by atoms with Gasteiger partial charge >= 0.3 is 0 Å². The minimum absolute atomic E-state index is 0.0600. The van der Waals surface area contributed by atoms with Crippen LogP contribution in [-0.2, 0) is 0 Å². The quantitative estimate of drug-likeness (QED) is 0.343. The maximum absolute atomic E-state index is 9.82. The second kappa shape index (κ2) is 4.25. The maximum atomic E-state index is 9.82. The fourth-order valence-electron chi connectivity index (χ4n) is 0.668. The Morgan fingerprint density at radius 1 is 1.55 bits per heavy atom. The minimum atomic E-state index is -1.73.